The Kier molecular flexibility index (Phi) is 5.22. The van der Waals surface area contributed by atoms with Crippen molar-refractivity contribution in [2.24, 2.45) is 0 Å². The molecule has 0 spiro atoms. The van der Waals surface area contributed by atoms with Gasteiger partial charge in [0, 0.05) is 18.1 Å². The maximum absolute atomic E-state index is 3.74. The lowest BCUT2D eigenvalue weighted by atomic mass is 10.0. The maximum atomic E-state index is 3.74. The molecule has 16 heavy (non-hydrogen) atoms. The van der Waals surface area contributed by atoms with Gasteiger partial charge in [0.05, 0.1) is 0 Å². The summed E-state index contributed by atoms with van der Waals surface area (Å²) in [7, 11) is 6.54. The van der Waals surface area contributed by atoms with Gasteiger partial charge in [0.25, 0.3) is 0 Å². The van der Waals surface area contributed by atoms with E-state index in [0.29, 0.717) is 6.04 Å². The highest BCUT2D eigenvalue weighted by molar-refractivity contribution is 4.83. The molecule has 0 aromatic rings. The van der Waals surface area contributed by atoms with Crippen LogP contribution < -0.4 is 5.32 Å². The molecule has 96 valence electrons. The Balaban J connectivity index is 2.32. The Labute approximate surface area is 101 Å². The third-order valence-corrected chi connectivity index (χ3v) is 3.99. The lowest BCUT2D eigenvalue weighted by molar-refractivity contribution is 0.182. The summed E-state index contributed by atoms with van der Waals surface area (Å²) in [5, 5.41) is 3.74. The van der Waals surface area contributed by atoms with E-state index >= 15 is 0 Å². The van der Waals surface area contributed by atoms with Crippen molar-refractivity contribution in [2.45, 2.75) is 44.7 Å². The van der Waals surface area contributed by atoms with Crippen LogP contribution in [0.4, 0.5) is 0 Å². The monoisotopic (exact) mass is 227 g/mol. The van der Waals surface area contributed by atoms with E-state index in [1.54, 1.807) is 0 Å². The first-order chi connectivity index (χ1) is 7.42. The van der Waals surface area contributed by atoms with Gasteiger partial charge in [-0.15, -0.1) is 0 Å². The van der Waals surface area contributed by atoms with Crippen LogP contribution in [0.3, 0.4) is 0 Å². The second-order valence-corrected chi connectivity index (χ2v) is 6.02. The van der Waals surface area contributed by atoms with Crippen LogP contribution in [0.2, 0.25) is 0 Å². The van der Waals surface area contributed by atoms with Crippen molar-refractivity contribution >= 4 is 0 Å². The zero-order valence-electron chi connectivity index (χ0n) is 11.7. The molecule has 0 bridgehead atoms. The third-order valence-electron chi connectivity index (χ3n) is 3.99. The lowest BCUT2D eigenvalue weighted by Gasteiger charge is -2.34. The summed E-state index contributed by atoms with van der Waals surface area (Å²) >= 11 is 0. The molecule has 3 nitrogen and oxygen atoms in total. The van der Waals surface area contributed by atoms with Crippen LogP contribution in [0.25, 0.3) is 0 Å². The molecule has 0 amide bonds. The fraction of sp³-hybridized carbons (Fsp3) is 1.00. The zero-order valence-corrected chi connectivity index (χ0v) is 11.7. The number of hydrogen-bond donors (Lipinski definition) is 1. The average molecular weight is 227 g/mol. The smallest absolute Gasteiger partial charge is 0.0271 e. The van der Waals surface area contributed by atoms with Crippen molar-refractivity contribution < 1.29 is 0 Å². The Morgan fingerprint density at radius 1 is 1.25 bits per heavy atom. The molecule has 0 aromatic carbocycles. The Hall–Kier alpha value is -0.120. The number of nitrogens with one attached hydrogen (secondary N) is 1. The minimum atomic E-state index is 0.248. The fourth-order valence-electron chi connectivity index (χ4n) is 2.00. The van der Waals surface area contributed by atoms with Crippen LogP contribution >= 0.6 is 0 Å². The van der Waals surface area contributed by atoms with Gasteiger partial charge in [0.1, 0.15) is 0 Å². The SMILES string of the molecule is CN1CCCC(NCC(C)(C)N(C)C)CC1. The summed E-state index contributed by atoms with van der Waals surface area (Å²) < 4.78 is 0. The molecule has 1 fully saturated rings. The van der Waals surface area contributed by atoms with Gasteiger partial charge < -0.3 is 15.1 Å². The maximum Gasteiger partial charge on any atom is 0.0271 e. The second kappa shape index (κ2) is 5.99. The molecule has 1 atom stereocenters. The number of rotatable bonds is 4. The molecule has 0 saturated carbocycles. The van der Waals surface area contributed by atoms with E-state index in [2.05, 4.69) is 50.1 Å². The molecular formula is C13H29N3. The first kappa shape index (κ1) is 13.9. The predicted molar refractivity (Wildman–Crippen MR) is 70.9 cm³/mol. The minimum Gasteiger partial charge on any atom is -0.312 e. The first-order valence-corrected chi connectivity index (χ1v) is 6.51. The van der Waals surface area contributed by atoms with Crippen LogP contribution in [-0.2, 0) is 0 Å². The summed E-state index contributed by atoms with van der Waals surface area (Å²) in [6.07, 6.45) is 3.95. The molecule has 1 aliphatic heterocycles. The van der Waals surface area contributed by atoms with Crippen molar-refractivity contribution in [3.63, 3.8) is 0 Å². The van der Waals surface area contributed by atoms with Gasteiger partial charge in [-0.1, -0.05) is 0 Å². The first-order valence-electron chi connectivity index (χ1n) is 6.51. The van der Waals surface area contributed by atoms with Crippen molar-refractivity contribution in [2.75, 3.05) is 40.8 Å². The lowest BCUT2D eigenvalue weighted by Crippen LogP contribution is -2.49. The highest BCUT2D eigenvalue weighted by Crippen LogP contribution is 2.13. The molecule has 3 heteroatoms. The van der Waals surface area contributed by atoms with Crippen LogP contribution in [0.1, 0.15) is 33.1 Å². The molecule has 1 unspecified atom stereocenters. The van der Waals surface area contributed by atoms with E-state index in [1.165, 1.54) is 32.4 Å². The summed E-state index contributed by atoms with van der Waals surface area (Å²) in [6, 6.07) is 0.712. The van der Waals surface area contributed by atoms with Crippen molar-refractivity contribution in [1.82, 2.24) is 15.1 Å². The molecule has 0 aromatic heterocycles. The van der Waals surface area contributed by atoms with Crippen LogP contribution in [0.5, 0.6) is 0 Å². The van der Waals surface area contributed by atoms with Crippen LogP contribution in [-0.4, -0.2) is 62.2 Å². The van der Waals surface area contributed by atoms with Gasteiger partial charge in [-0.05, 0) is 67.3 Å². The number of likely N-dealkylation sites (tertiary alicyclic amines) is 1. The topological polar surface area (TPSA) is 18.5 Å². The summed E-state index contributed by atoms with van der Waals surface area (Å²) in [5.74, 6) is 0. The quantitative estimate of drug-likeness (QED) is 0.783. The van der Waals surface area contributed by atoms with E-state index in [-0.39, 0.29) is 5.54 Å². The summed E-state index contributed by atoms with van der Waals surface area (Å²) in [6.45, 7) is 8.16. The van der Waals surface area contributed by atoms with Crippen molar-refractivity contribution in [3.8, 4) is 0 Å². The normalized spacial score (nSPS) is 24.8. The van der Waals surface area contributed by atoms with Crippen molar-refractivity contribution in [3.05, 3.63) is 0 Å². The fourth-order valence-corrected chi connectivity index (χ4v) is 2.00. The van der Waals surface area contributed by atoms with E-state index in [9.17, 15) is 0 Å². The van der Waals surface area contributed by atoms with E-state index < -0.39 is 0 Å². The number of likely N-dealkylation sites (N-methyl/N-ethyl adjacent to an activating group) is 1. The van der Waals surface area contributed by atoms with E-state index in [1.807, 2.05) is 0 Å². The Bertz CT molecular complexity index is 201. The second-order valence-electron chi connectivity index (χ2n) is 6.02. The average Bonchev–Trinajstić information content (AvgIpc) is 2.40. The standard InChI is InChI=1S/C13H29N3/c1-13(2,15(3)4)11-14-12-7-6-9-16(5)10-8-12/h12,14H,6-11H2,1-5H3. The molecular weight excluding hydrogens is 198 g/mol. The third kappa shape index (κ3) is 4.40. The minimum absolute atomic E-state index is 0.248. The molecule has 1 aliphatic rings. The summed E-state index contributed by atoms with van der Waals surface area (Å²) in [4.78, 5) is 4.74. The Morgan fingerprint density at radius 2 is 1.94 bits per heavy atom. The molecule has 0 aliphatic carbocycles. The van der Waals surface area contributed by atoms with Gasteiger partial charge in [0.2, 0.25) is 0 Å². The van der Waals surface area contributed by atoms with Gasteiger partial charge in [-0.25, -0.2) is 0 Å². The highest BCUT2D eigenvalue weighted by Gasteiger charge is 2.22. The van der Waals surface area contributed by atoms with Gasteiger partial charge >= 0.3 is 0 Å². The number of hydrogen-bond acceptors (Lipinski definition) is 3. The van der Waals surface area contributed by atoms with Gasteiger partial charge in [0.15, 0.2) is 0 Å². The molecule has 1 rings (SSSR count). The molecule has 1 saturated heterocycles. The molecule has 1 heterocycles. The van der Waals surface area contributed by atoms with Gasteiger partial charge in [-0.2, -0.15) is 0 Å². The van der Waals surface area contributed by atoms with E-state index in [4.69, 9.17) is 0 Å². The van der Waals surface area contributed by atoms with Crippen molar-refractivity contribution in [1.29, 1.82) is 0 Å². The van der Waals surface area contributed by atoms with E-state index in [0.717, 1.165) is 6.54 Å². The largest absolute Gasteiger partial charge is 0.312 e. The molecule has 0 radical (unpaired) electrons. The van der Waals surface area contributed by atoms with Crippen LogP contribution in [0.15, 0.2) is 0 Å². The molecule has 1 N–H and O–H groups in total. The highest BCUT2D eigenvalue weighted by atomic mass is 15.2. The zero-order chi connectivity index (χ0) is 12.2. The number of nitrogens with zero attached hydrogens (tertiary/aromatic N) is 2. The van der Waals surface area contributed by atoms with Crippen LogP contribution in [0, 0.1) is 0 Å². The van der Waals surface area contributed by atoms with Gasteiger partial charge in [-0.3, -0.25) is 0 Å². The predicted octanol–water partition coefficient (Wildman–Crippen LogP) is 1.40. The summed E-state index contributed by atoms with van der Waals surface area (Å²) in [5.41, 5.74) is 0.248. The Morgan fingerprint density at radius 3 is 2.56 bits per heavy atom.